The molecule has 0 spiro atoms. The van der Waals surface area contributed by atoms with Gasteiger partial charge in [0.25, 0.3) is 0 Å². The third kappa shape index (κ3) is 1.27. The van der Waals surface area contributed by atoms with Crippen molar-refractivity contribution in [2.24, 2.45) is 12.8 Å². The average molecular weight is 161 g/mol. The van der Waals surface area contributed by atoms with Gasteiger partial charge in [0.2, 0.25) is 5.28 Å². The largest absolute Gasteiger partial charge is 0.322 e. The lowest BCUT2D eigenvalue weighted by atomic mass is 10.3. The fourth-order valence-corrected chi connectivity index (χ4v) is 0.961. The van der Waals surface area contributed by atoms with Gasteiger partial charge >= 0.3 is 0 Å². The van der Waals surface area contributed by atoms with Crippen molar-refractivity contribution in [3.63, 3.8) is 0 Å². The number of rotatable bonds is 1. The third-order valence-corrected chi connectivity index (χ3v) is 1.34. The van der Waals surface area contributed by atoms with Gasteiger partial charge < -0.3 is 5.73 Å². The predicted octanol–water partition coefficient (Wildman–Crippen LogP) is 0.488. The molecule has 0 bridgehead atoms. The number of nitrogens with zero attached hydrogens (tertiary/aromatic N) is 3. The maximum absolute atomic E-state index is 5.55. The summed E-state index contributed by atoms with van der Waals surface area (Å²) in [6.07, 6.45) is 0. The smallest absolute Gasteiger partial charge is 0.242 e. The third-order valence-electron chi connectivity index (χ3n) is 1.18. The lowest BCUT2D eigenvalue weighted by Crippen LogP contribution is -2.11. The van der Waals surface area contributed by atoms with E-state index in [1.54, 1.807) is 11.7 Å². The first-order valence-corrected chi connectivity index (χ1v) is 3.31. The van der Waals surface area contributed by atoms with E-state index in [-0.39, 0.29) is 11.3 Å². The molecule has 10 heavy (non-hydrogen) atoms. The number of nitrogens with two attached hydrogens (primary N) is 1. The van der Waals surface area contributed by atoms with Crippen LogP contribution >= 0.6 is 11.6 Å². The van der Waals surface area contributed by atoms with E-state index in [1.165, 1.54) is 0 Å². The molecule has 1 aromatic heterocycles. The van der Waals surface area contributed by atoms with Crippen molar-refractivity contribution in [1.82, 2.24) is 14.8 Å². The highest BCUT2D eigenvalue weighted by Gasteiger charge is 2.07. The zero-order chi connectivity index (χ0) is 7.72. The van der Waals surface area contributed by atoms with Crippen LogP contribution in [0.25, 0.3) is 0 Å². The van der Waals surface area contributed by atoms with Crippen LogP contribution in [0.1, 0.15) is 18.8 Å². The topological polar surface area (TPSA) is 56.7 Å². The summed E-state index contributed by atoms with van der Waals surface area (Å²) in [4.78, 5) is 3.90. The number of hydrogen-bond donors (Lipinski definition) is 1. The Morgan fingerprint density at radius 3 is 2.50 bits per heavy atom. The summed E-state index contributed by atoms with van der Waals surface area (Å²) in [7, 11) is 1.76. The summed E-state index contributed by atoms with van der Waals surface area (Å²) in [6.45, 7) is 1.83. The summed E-state index contributed by atoms with van der Waals surface area (Å²) in [6, 6.07) is -0.120. The SMILES string of the molecule is C[C@H](N)c1nc(Cl)nn1C. The van der Waals surface area contributed by atoms with Crippen molar-refractivity contribution in [3.8, 4) is 0 Å². The molecule has 0 unspecified atom stereocenters. The summed E-state index contributed by atoms with van der Waals surface area (Å²) in [5, 5.41) is 4.07. The van der Waals surface area contributed by atoms with Gasteiger partial charge in [-0.2, -0.15) is 0 Å². The molecule has 0 saturated carbocycles. The Balaban J connectivity index is 3.03. The molecule has 0 aromatic carbocycles. The summed E-state index contributed by atoms with van der Waals surface area (Å²) in [5.41, 5.74) is 5.55. The second-order valence-corrected chi connectivity index (χ2v) is 2.49. The highest BCUT2D eigenvalue weighted by Crippen LogP contribution is 2.07. The molecule has 1 atom stereocenters. The quantitative estimate of drug-likeness (QED) is 0.651. The standard InChI is InChI=1S/C5H9ClN4/c1-3(7)4-8-5(6)9-10(4)2/h3H,7H2,1-2H3/t3-/m0/s1. The van der Waals surface area contributed by atoms with Gasteiger partial charge in [0.05, 0.1) is 6.04 Å². The van der Waals surface area contributed by atoms with Gasteiger partial charge in [-0.1, -0.05) is 0 Å². The van der Waals surface area contributed by atoms with Crippen LogP contribution in [0.2, 0.25) is 5.28 Å². The van der Waals surface area contributed by atoms with Gasteiger partial charge in [-0.15, -0.1) is 5.10 Å². The zero-order valence-corrected chi connectivity index (χ0v) is 6.63. The summed E-state index contributed by atoms with van der Waals surface area (Å²) >= 11 is 5.51. The molecule has 0 aliphatic carbocycles. The Labute approximate surface area is 64.0 Å². The molecule has 0 aliphatic rings. The van der Waals surface area contributed by atoms with Gasteiger partial charge in [-0.05, 0) is 18.5 Å². The molecule has 1 rings (SSSR count). The minimum atomic E-state index is -0.120. The Hall–Kier alpha value is -0.610. The molecular formula is C5H9ClN4. The molecule has 5 heteroatoms. The van der Waals surface area contributed by atoms with E-state index >= 15 is 0 Å². The van der Waals surface area contributed by atoms with Crippen molar-refractivity contribution in [2.75, 3.05) is 0 Å². The molecule has 4 nitrogen and oxygen atoms in total. The van der Waals surface area contributed by atoms with Crippen molar-refractivity contribution in [2.45, 2.75) is 13.0 Å². The van der Waals surface area contributed by atoms with Crippen molar-refractivity contribution in [1.29, 1.82) is 0 Å². The molecule has 1 heterocycles. The molecule has 0 saturated heterocycles. The van der Waals surface area contributed by atoms with Gasteiger partial charge in [0, 0.05) is 7.05 Å². The Kier molecular flexibility index (Phi) is 1.92. The van der Waals surface area contributed by atoms with Crippen LogP contribution in [0.5, 0.6) is 0 Å². The Morgan fingerprint density at radius 1 is 1.70 bits per heavy atom. The van der Waals surface area contributed by atoms with E-state index in [0.717, 1.165) is 0 Å². The second-order valence-electron chi connectivity index (χ2n) is 2.15. The van der Waals surface area contributed by atoms with Crippen LogP contribution in [0.4, 0.5) is 0 Å². The lowest BCUT2D eigenvalue weighted by molar-refractivity contribution is 0.639. The Bertz CT molecular complexity index is 230. The van der Waals surface area contributed by atoms with E-state index in [1.807, 2.05) is 6.92 Å². The highest BCUT2D eigenvalue weighted by atomic mass is 35.5. The Morgan fingerprint density at radius 2 is 2.30 bits per heavy atom. The molecule has 0 aliphatic heterocycles. The summed E-state index contributed by atoms with van der Waals surface area (Å²) < 4.78 is 1.58. The first-order chi connectivity index (χ1) is 4.61. The maximum Gasteiger partial charge on any atom is 0.242 e. The normalized spacial score (nSPS) is 13.6. The number of aromatic nitrogens is 3. The van der Waals surface area contributed by atoms with Gasteiger partial charge in [-0.25, -0.2) is 4.98 Å². The second kappa shape index (κ2) is 2.56. The zero-order valence-electron chi connectivity index (χ0n) is 5.87. The van der Waals surface area contributed by atoms with E-state index in [4.69, 9.17) is 17.3 Å². The van der Waals surface area contributed by atoms with Gasteiger partial charge in [0.1, 0.15) is 5.82 Å². The first-order valence-electron chi connectivity index (χ1n) is 2.93. The van der Waals surface area contributed by atoms with E-state index in [2.05, 4.69) is 10.1 Å². The molecular weight excluding hydrogens is 152 g/mol. The van der Waals surface area contributed by atoms with Crippen LogP contribution in [-0.2, 0) is 7.05 Å². The number of hydrogen-bond acceptors (Lipinski definition) is 3. The monoisotopic (exact) mass is 160 g/mol. The first kappa shape index (κ1) is 7.50. The van der Waals surface area contributed by atoms with Crippen LogP contribution in [-0.4, -0.2) is 14.8 Å². The molecule has 0 fully saturated rings. The average Bonchev–Trinajstić information content (AvgIpc) is 2.10. The fourth-order valence-electron chi connectivity index (χ4n) is 0.761. The summed E-state index contributed by atoms with van der Waals surface area (Å²) in [5.74, 6) is 0.699. The number of aryl methyl sites for hydroxylation is 1. The van der Waals surface area contributed by atoms with Crippen LogP contribution in [0.3, 0.4) is 0 Å². The minimum Gasteiger partial charge on any atom is -0.322 e. The van der Waals surface area contributed by atoms with Crippen LogP contribution < -0.4 is 5.73 Å². The molecule has 1 aromatic rings. The highest BCUT2D eigenvalue weighted by molar-refractivity contribution is 6.28. The number of halogens is 1. The van der Waals surface area contributed by atoms with Gasteiger partial charge in [0.15, 0.2) is 0 Å². The minimum absolute atomic E-state index is 0.120. The molecule has 0 radical (unpaired) electrons. The van der Waals surface area contributed by atoms with Crippen molar-refractivity contribution >= 4 is 11.6 Å². The lowest BCUT2D eigenvalue weighted by Gasteiger charge is -2.00. The van der Waals surface area contributed by atoms with Crippen LogP contribution in [0.15, 0.2) is 0 Å². The molecule has 2 N–H and O–H groups in total. The molecule has 0 amide bonds. The van der Waals surface area contributed by atoms with E-state index < -0.39 is 0 Å². The molecule has 56 valence electrons. The van der Waals surface area contributed by atoms with E-state index in [0.29, 0.717) is 5.82 Å². The van der Waals surface area contributed by atoms with E-state index in [9.17, 15) is 0 Å². The predicted molar refractivity (Wildman–Crippen MR) is 38.6 cm³/mol. The maximum atomic E-state index is 5.55. The van der Waals surface area contributed by atoms with Crippen molar-refractivity contribution < 1.29 is 0 Å². The van der Waals surface area contributed by atoms with Gasteiger partial charge in [-0.3, -0.25) is 4.68 Å². The van der Waals surface area contributed by atoms with Crippen molar-refractivity contribution in [3.05, 3.63) is 11.1 Å². The fraction of sp³-hybridized carbons (Fsp3) is 0.600. The van der Waals surface area contributed by atoms with Crippen LogP contribution in [0, 0.1) is 0 Å².